The van der Waals surface area contributed by atoms with Crippen molar-refractivity contribution in [2.45, 2.75) is 24.8 Å². The summed E-state index contributed by atoms with van der Waals surface area (Å²) in [4.78, 5) is 13.6. The number of para-hydroxylation sites is 1. The maximum Gasteiger partial charge on any atom is 0.324 e. The van der Waals surface area contributed by atoms with Gasteiger partial charge in [0.15, 0.2) is 0 Å². The lowest BCUT2D eigenvalue weighted by Crippen LogP contribution is -2.52. The molecule has 3 N–H and O–H groups in total. The minimum Gasteiger partial charge on any atom is -0.480 e. The SMILES string of the molecule is CN(C)c1cccc(-c2ccccc2Oc2ccc3c(c2)CC(N)(C(=O)O)CC3)c1.Cl.Cl. The summed E-state index contributed by atoms with van der Waals surface area (Å²) in [5.74, 6) is 0.478. The Hall–Kier alpha value is -2.73. The van der Waals surface area contributed by atoms with Crippen molar-refractivity contribution in [3.63, 3.8) is 0 Å². The number of carboxylic acids is 1. The highest BCUT2D eigenvalue weighted by molar-refractivity contribution is 5.85. The van der Waals surface area contributed by atoms with Crippen LogP contribution in [0, 0.1) is 0 Å². The Balaban J connectivity index is 0.00000181. The van der Waals surface area contributed by atoms with Crippen molar-refractivity contribution in [1.82, 2.24) is 0 Å². The molecular formula is C25H28Cl2N2O3. The molecule has 0 saturated carbocycles. The van der Waals surface area contributed by atoms with Gasteiger partial charge in [0, 0.05) is 31.8 Å². The van der Waals surface area contributed by atoms with Crippen LogP contribution in [-0.4, -0.2) is 30.7 Å². The minimum atomic E-state index is -1.21. The molecule has 0 aromatic heterocycles. The third-order valence-electron chi connectivity index (χ3n) is 5.74. The molecule has 0 spiro atoms. The molecule has 0 radical (unpaired) electrons. The molecule has 1 unspecified atom stereocenters. The summed E-state index contributed by atoms with van der Waals surface area (Å²) in [6.07, 6.45) is 1.41. The molecule has 3 aromatic carbocycles. The summed E-state index contributed by atoms with van der Waals surface area (Å²) >= 11 is 0. The molecule has 0 amide bonds. The number of benzene rings is 3. The first-order chi connectivity index (χ1) is 14.4. The molecule has 0 bridgehead atoms. The Labute approximate surface area is 201 Å². The maximum atomic E-state index is 11.6. The van der Waals surface area contributed by atoms with Gasteiger partial charge in [0.2, 0.25) is 0 Å². The first kappa shape index (κ1) is 25.5. The van der Waals surface area contributed by atoms with Gasteiger partial charge in [-0.15, -0.1) is 24.8 Å². The molecule has 170 valence electrons. The fourth-order valence-corrected chi connectivity index (χ4v) is 3.92. The van der Waals surface area contributed by atoms with E-state index in [1.807, 2.05) is 62.6 Å². The summed E-state index contributed by atoms with van der Waals surface area (Å²) in [7, 11) is 4.03. The normalized spacial score (nSPS) is 16.7. The zero-order valence-corrected chi connectivity index (χ0v) is 19.7. The number of carbonyl (C=O) groups is 1. The van der Waals surface area contributed by atoms with Crippen LogP contribution in [0.3, 0.4) is 0 Å². The second-order valence-corrected chi connectivity index (χ2v) is 8.11. The fourth-order valence-electron chi connectivity index (χ4n) is 3.92. The van der Waals surface area contributed by atoms with Gasteiger partial charge in [-0.1, -0.05) is 36.4 Å². The Morgan fingerprint density at radius 2 is 1.75 bits per heavy atom. The third kappa shape index (κ3) is 5.18. The van der Waals surface area contributed by atoms with Crippen LogP contribution in [0.25, 0.3) is 11.1 Å². The molecule has 0 aliphatic heterocycles. The molecule has 1 atom stereocenters. The quantitative estimate of drug-likeness (QED) is 0.522. The highest BCUT2D eigenvalue weighted by Crippen LogP contribution is 2.36. The van der Waals surface area contributed by atoms with Crippen molar-refractivity contribution >= 4 is 36.5 Å². The summed E-state index contributed by atoms with van der Waals surface area (Å²) in [6.45, 7) is 0. The monoisotopic (exact) mass is 474 g/mol. The van der Waals surface area contributed by atoms with E-state index in [4.69, 9.17) is 10.5 Å². The largest absolute Gasteiger partial charge is 0.480 e. The minimum absolute atomic E-state index is 0. The molecule has 4 rings (SSSR count). The standard InChI is InChI=1S/C25H26N2O3.2ClH/c1-27(2)20-7-5-6-18(14-20)22-8-3-4-9-23(22)30-21-11-10-17-12-13-25(26,24(28)29)16-19(17)15-21;;/h3-11,14-15H,12-13,16,26H2,1-2H3,(H,28,29);2*1H. The van der Waals surface area contributed by atoms with Gasteiger partial charge in [-0.3, -0.25) is 4.79 Å². The van der Waals surface area contributed by atoms with Crippen LogP contribution in [0.1, 0.15) is 17.5 Å². The van der Waals surface area contributed by atoms with Crippen LogP contribution in [0.4, 0.5) is 5.69 Å². The number of fused-ring (bicyclic) bond motifs is 1. The molecular weight excluding hydrogens is 447 g/mol. The van der Waals surface area contributed by atoms with E-state index in [1.165, 1.54) is 0 Å². The number of rotatable bonds is 5. The highest BCUT2D eigenvalue weighted by Gasteiger charge is 2.37. The molecule has 7 heteroatoms. The smallest absolute Gasteiger partial charge is 0.324 e. The van der Waals surface area contributed by atoms with Crippen molar-refractivity contribution in [3.8, 4) is 22.6 Å². The number of hydrogen-bond donors (Lipinski definition) is 2. The van der Waals surface area contributed by atoms with E-state index in [0.29, 0.717) is 25.0 Å². The number of ether oxygens (including phenoxy) is 1. The molecule has 5 nitrogen and oxygen atoms in total. The molecule has 0 saturated heterocycles. The number of aliphatic carboxylic acids is 1. The zero-order chi connectivity index (χ0) is 21.3. The van der Waals surface area contributed by atoms with Gasteiger partial charge >= 0.3 is 5.97 Å². The van der Waals surface area contributed by atoms with Gasteiger partial charge in [0.25, 0.3) is 0 Å². The molecule has 0 fully saturated rings. The number of nitrogens with two attached hydrogens (primary N) is 1. The average molecular weight is 475 g/mol. The average Bonchev–Trinajstić information content (AvgIpc) is 2.74. The number of hydrogen-bond acceptors (Lipinski definition) is 4. The van der Waals surface area contributed by atoms with E-state index in [0.717, 1.165) is 33.7 Å². The van der Waals surface area contributed by atoms with Gasteiger partial charge in [-0.25, -0.2) is 0 Å². The highest BCUT2D eigenvalue weighted by atomic mass is 35.5. The number of anilines is 1. The molecule has 1 aliphatic carbocycles. The second-order valence-electron chi connectivity index (χ2n) is 8.11. The zero-order valence-electron chi connectivity index (χ0n) is 18.1. The summed E-state index contributed by atoms with van der Waals surface area (Å²) in [5, 5.41) is 9.49. The van der Waals surface area contributed by atoms with E-state index in [2.05, 4.69) is 23.1 Å². The molecule has 0 heterocycles. The van der Waals surface area contributed by atoms with Crippen LogP contribution in [0.15, 0.2) is 66.7 Å². The van der Waals surface area contributed by atoms with Gasteiger partial charge in [-0.05, 0) is 59.9 Å². The lowest BCUT2D eigenvalue weighted by Gasteiger charge is -2.31. The lowest BCUT2D eigenvalue weighted by molar-refractivity contribution is -0.143. The molecule has 3 aromatic rings. The van der Waals surface area contributed by atoms with Crippen LogP contribution in [0.5, 0.6) is 11.5 Å². The van der Waals surface area contributed by atoms with Crippen LogP contribution in [0.2, 0.25) is 0 Å². The predicted molar refractivity (Wildman–Crippen MR) is 134 cm³/mol. The summed E-state index contributed by atoms with van der Waals surface area (Å²) in [5.41, 5.74) is 10.2. The fraction of sp³-hybridized carbons (Fsp3) is 0.240. The number of carboxylic acid groups (broad SMARTS) is 1. The third-order valence-corrected chi connectivity index (χ3v) is 5.74. The van der Waals surface area contributed by atoms with Gasteiger partial charge < -0.3 is 20.5 Å². The Bertz CT molecular complexity index is 1100. The van der Waals surface area contributed by atoms with Crippen molar-refractivity contribution in [1.29, 1.82) is 0 Å². The van der Waals surface area contributed by atoms with E-state index in [1.54, 1.807) is 0 Å². The molecule has 32 heavy (non-hydrogen) atoms. The summed E-state index contributed by atoms with van der Waals surface area (Å²) < 4.78 is 6.26. The van der Waals surface area contributed by atoms with Crippen LogP contribution >= 0.6 is 24.8 Å². The van der Waals surface area contributed by atoms with E-state index < -0.39 is 11.5 Å². The number of nitrogens with zero attached hydrogens (tertiary/aromatic N) is 1. The maximum absolute atomic E-state index is 11.6. The van der Waals surface area contributed by atoms with Crippen molar-refractivity contribution in [3.05, 3.63) is 77.9 Å². The van der Waals surface area contributed by atoms with Gasteiger partial charge in [0.05, 0.1) is 0 Å². The Morgan fingerprint density at radius 3 is 2.47 bits per heavy atom. The van der Waals surface area contributed by atoms with E-state index in [9.17, 15) is 9.90 Å². The predicted octanol–water partition coefficient (Wildman–Crippen LogP) is 5.33. The van der Waals surface area contributed by atoms with E-state index in [-0.39, 0.29) is 24.8 Å². The van der Waals surface area contributed by atoms with Crippen molar-refractivity contribution in [2.24, 2.45) is 5.73 Å². The second kappa shape index (κ2) is 10.3. The van der Waals surface area contributed by atoms with Gasteiger partial charge in [0.1, 0.15) is 17.0 Å². The lowest BCUT2D eigenvalue weighted by atomic mass is 9.78. The van der Waals surface area contributed by atoms with Crippen molar-refractivity contribution < 1.29 is 14.6 Å². The van der Waals surface area contributed by atoms with Gasteiger partial charge in [-0.2, -0.15) is 0 Å². The van der Waals surface area contributed by atoms with Crippen molar-refractivity contribution in [2.75, 3.05) is 19.0 Å². The first-order valence-electron chi connectivity index (χ1n) is 10.0. The number of halogens is 2. The topological polar surface area (TPSA) is 75.8 Å². The number of aryl methyl sites for hydroxylation is 1. The van der Waals surface area contributed by atoms with Crippen LogP contribution < -0.4 is 15.4 Å². The Morgan fingerprint density at radius 1 is 1.00 bits per heavy atom. The first-order valence-corrected chi connectivity index (χ1v) is 10.0. The Kier molecular flexibility index (Phi) is 8.18. The summed E-state index contributed by atoms with van der Waals surface area (Å²) in [6, 6.07) is 22.1. The molecule has 1 aliphatic rings. The van der Waals surface area contributed by atoms with Crippen LogP contribution in [-0.2, 0) is 17.6 Å². The van der Waals surface area contributed by atoms with E-state index >= 15 is 0 Å².